The van der Waals surface area contributed by atoms with Crippen molar-refractivity contribution in [3.8, 4) is 0 Å². The highest BCUT2D eigenvalue weighted by atomic mass is 35.5. The molecule has 6 heteroatoms. The lowest BCUT2D eigenvalue weighted by Gasteiger charge is -2.03. The number of hydrogen-bond acceptors (Lipinski definition) is 4. The molecule has 0 atom stereocenters. The summed E-state index contributed by atoms with van der Waals surface area (Å²) in [6, 6.07) is 7.57. The van der Waals surface area contributed by atoms with Crippen LogP contribution >= 0.6 is 11.6 Å². The van der Waals surface area contributed by atoms with E-state index in [1.165, 1.54) is 0 Å². The molecule has 0 aliphatic carbocycles. The Labute approximate surface area is 115 Å². The Morgan fingerprint density at radius 2 is 2.21 bits per heavy atom. The first-order valence-electron chi connectivity index (χ1n) is 5.89. The first-order chi connectivity index (χ1) is 9.22. The van der Waals surface area contributed by atoms with Gasteiger partial charge in [0.05, 0.1) is 17.3 Å². The molecule has 96 valence electrons. The van der Waals surface area contributed by atoms with Crippen molar-refractivity contribution in [1.29, 1.82) is 0 Å². The van der Waals surface area contributed by atoms with E-state index in [2.05, 4.69) is 20.4 Å². The van der Waals surface area contributed by atoms with Gasteiger partial charge in [0.1, 0.15) is 0 Å². The van der Waals surface area contributed by atoms with E-state index in [-0.39, 0.29) is 0 Å². The lowest BCUT2D eigenvalue weighted by atomic mass is 10.2. The molecule has 3 aromatic heterocycles. The molecule has 0 bridgehead atoms. The lowest BCUT2D eigenvalue weighted by molar-refractivity contribution is 0.937. The summed E-state index contributed by atoms with van der Waals surface area (Å²) < 4.78 is 1.65. The van der Waals surface area contributed by atoms with Gasteiger partial charge in [-0.2, -0.15) is 4.98 Å². The van der Waals surface area contributed by atoms with Crippen LogP contribution in [0.4, 0.5) is 5.95 Å². The Bertz CT molecular complexity index is 722. The van der Waals surface area contributed by atoms with Gasteiger partial charge in [0.15, 0.2) is 5.65 Å². The third-order valence-electron chi connectivity index (χ3n) is 2.83. The summed E-state index contributed by atoms with van der Waals surface area (Å²) >= 11 is 5.90. The topological polar surface area (TPSA) is 55.1 Å². The molecule has 0 fully saturated rings. The first kappa shape index (κ1) is 11.9. The molecule has 5 nitrogen and oxygen atoms in total. The van der Waals surface area contributed by atoms with Crippen molar-refractivity contribution >= 4 is 23.2 Å². The zero-order valence-corrected chi connectivity index (χ0v) is 11.1. The van der Waals surface area contributed by atoms with Crippen LogP contribution in [0.1, 0.15) is 11.3 Å². The molecular formula is C13H12ClN5. The van der Waals surface area contributed by atoms with Gasteiger partial charge in [0.25, 0.3) is 0 Å². The van der Waals surface area contributed by atoms with Crippen molar-refractivity contribution in [3.05, 3.63) is 52.9 Å². The monoisotopic (exact) mass is 273 g/mol. The summed E-state index contributed by atoms with van der Waals surface area (Å²) in [7, 11) is 0. The largest absolute Gasteiger partial charge is 0.347 e. The van der Waals surface area contributed by atoms with Crippen LogP contribution in [-0.4, -0.2) is 19.6 Å². The Morgan fingerprint density at radius 3 is 3.05 bits per heavy atom. The number of nitrogens with one attached hydrogen (secondary N) is 1. The molecule has 0 unspecified atom stereocenters. The number of aryl methyl sites for hydroxylation is 1. The van der Waals surface area contributed by atoms with Gasteiger partial charge in [0.2, 0.25) is 5.95 Å². The van der Waals surface area contributed by atoms with Crippen LogP contribution in [-0.2, 0) is 6.54 Å². The van der Waals surface area contributed by atoms with Gasteiger partial charge in [-0.25, -0.2) is 4.52 Å². The molecule has 19 heavy (non-hydrogen) atoms. The molecule has 0 radical (unpaired) electrons. The minimum atomic E-state index is 0.562. The van der Waals surface area contributed by atoms with E-state index in [1.807, 2.05) is 25.1 Å². The van der Waals surface area contributed by atoms with Crippen LogP contribution in [0.15, 0.2) is 36.7 Å². The predicted molar refractivity (Wildman–Crippen MR) is 74.3 cm³/mol. The third-order valence-corrected chi connectivity index (χ3v) is 3.05. The van der Waals surface area contributed by atoms with Crippen LogP contribution in [0.25, 0.3) is 5.65 Å². The Hall–Kier alpha value is -2.14. The summed E-state index contributed by atoms with van der Waals surface area (Å²) in [4.78, 5) is 8.67. The second-order valence-corrected chi connectivity index (χ2v) is 4.64. The van der Waals surface area contributed by atoms with Gasteiger partial charge in [-0.3, -0.25) is 4.98 Å². The maximum Gasteiger partial charge on any atom is 0.243 e. The van der Waals surface area contributed by atoms with E-state index in [0.717, 1.165) is 16.9 Å². The van der Waals surface area contributed by atoms with Crippen LogP contribution in [0.3, 0.4) is 0 Å². The highest BCUT2D eigenvalue weighted by Crippen LogP contribution is 2.12. The van der Waals surface area contributed by atoms with Gasteiger partial charge in [0, 0.05) is 12.4 Å². The number of fused-ring (bicyclic) bond motifs is 1. The fourth-order valence-electron chi connectivity index (χ4n) is 1.80. The van der Waals surface area contributed by atoms with Gasteiger partial charge < -0.3 is 5.32 Å². The quantitative estimate of drug-likeness (QED) is 0.797. The van der Waals surface area contributed by atoms with E-state index in [0.29, 0.717) is 17.5 Å². The number of pyridine rings is 2. The molecule has 0 saturated heterocycles. The van der Waals surface area contributed by atoms with E-state index < -0.39 is 0 Å². The molecule has 0 amide bonds. The second kappa shape index (κ2) is 4.85. The van der Waals surface area contributed by atoms with E-state index in [1.54, 1.807) is 23.0 Å². The molecular weight excluding hydrogens is 262 g/mol. The zero-order valence-electron chi connectivity index (χ0n) is 10.3. The number of halogens is 1. The van der Waals surface area contributed by atoms with Crippen molar-refractivity contribution in [2.45, 2.75) is 13.5 Å². The summed E-state index contributed by atoms with van der Waals surface area (Å²) in [5.41, 5.74) is 2.88. The zero-order chi connectivity index (χ0) is 13.2. The van der Waals surface area contributed by atoms with Crippen molar-refractivity contribution in [2.24, 2.45) is 0 Å². The Balaban J connectivity index is 1.80. The Morgan fingerprint density at radius 1 is 1.32 bits per heavy atom. The fourth-order valence-corrected chi connectivity index (χ4v) is 1.95. The van der Waals surface area contributed by atoms with E-state index in [4.69, 9.17) is 11.6 Å². The predicted octanol–water partition coefficient (Wildman–Crippen LogP) is 2.70. The highest BCUT2D eigenvalue weighted by molar-refractivity contribution is 6.30. The minimum absolute atomic E-state index is 0.562. The molecule has 0 aromatic carbocycles. The lowest BCUT2D eigenvalue weighted by Crippen LogP contribution is -2.04. The van der Waals surface area contributed by atoms with Crippen molar-refractivity contribution in [3.63, 3.8) is 0 Å². The van der Waals surface area contributed by atoms with Crippen LogP contribution in [0.2, 0.25) is 5.02 Å². The summed E-state index contributed by atoms with van der Waals surface area (Å²) in [6.07, 6.45) is 3.50. The summed E-state index contributed by atoms with van der Waals surface area (Å²) in [5.74, 6) is 0.562. The van der Waals surface area contributed by atoms with E-state index in [9.17, 15) is 0 Å². The summed E-state index contributed by atoms with van der Waals surface area (Å²) in [6.45, 7) is 2.62. The molecule has 1 N–H and O–H groups in total. The highest BCUT2D eigenvalue weighted by Gasteiger charge is 2.04. The number of anilines is 1. The molecule has 3 rings (SSSR count). The van der Waals surface area contributed by atoms with Crippen LogP contribution in [0.5, 0.6) is 0 Å². The van der Waals surface area contributed by atoms with E-state index >= 15 is 0 Å². The molecule has 0 saturated carbocycles. The maximum absolute atomic E-state index is 5.90. The van der Waals surface area contributed by atoms with Crippen molar-refractivity contribution in [1.82, 2.24) is 19.6 Å². The molecule has 0 aliphatic heterocycles. The van der Waals surface area contributed by atoms with Crippen molar-refractivity contribution < 1.29 is 0 Å². The average Bonchev–Trinajstić information content (AvgIpc) is 2.79. The SMILES string of the molecule is Cc1cccnc1CNc1nc2ccc(Cl)cn2n1. The fraction of sp³-hybridized carbons (Fsp3) is 0.154. The average molecular weight is 274 g/mol. The van der Waals surface area contributed by atoms with Crippen LogP contribution in [0, 0.1) is 6.92 Å². The smallest absolute Gasteiger partial charge is 0.243 e. The van der Waals surface area contributed by atoms with Gasteiger partial charge in [-0.05, 0) is 30.7 Å². The molecule has 0 spiro atoms. The normalized spacial score (nSPS) is 10.8. The van der Waals surface area contributed by atoms with Crippen molar-refractivity contribution in [2.75, 3.05) is 5.32 Å². The number of hydrogen-bond donors (Lipinski definition) is 1. The number of rotatable bonds is 3. The standard InChI is InChI=1S/C13H12ClN5/c1-9-3-2-6-15-11(9)7-16-13-17-12-5-4-10(14)8-19(12)18-13/h2-6,8H,7H2,1H3,(H,16,18). The van der Waals surface area contributed by atoms with Gasteiger partial charge in [-0.1, -0.05) is 17.7 Å². The minimum Gasteiger partial charge on any atom is -0.347 e. The maximum atomic E-state index is 5.90. The first-order valence-corrected chi connectivity index (χ1v) is 6.26. The molecule has 0 aliphatic rings. The second-order valence-electron chi connectivity index (χ2n) is 4.21. The Kier molecular flexibility index (Phi) is 3.05. The van der Waals surface area contributed by atoms with Crippen LogP contribution < -0.4 is 5.32 Å². The van der Waals surface area contributed by atoms with Gasteiger partial charge in [-0.15, -0.1) is 5.10 Å². The molecule has 3 heterocycles. The number of nitrogens with zero attached hydrogens (tertiary/aromatic N) is 4. The number of aromatic nitrogens is 4. The molecule has 3 aromatic rings. The third kappa shape index (κ3) is 2.51. The van der Waals surface area contributed by atoms with Gasteiger partial charge >= 0.3 is 0 Å². The summed E-state index contributed by atoms with van der Waals surface area (Å²) in [5, 5.41) is 8.09.